The smallest absolute Gasteiger partial charge is 0.129 e. The normalized spacial score (nSPS) is 24.1. The van der Waals surface area contributed by atoms with Crippen LogP contribution in [0.25, 0.3) is 0 Å². The van der Waals surface area contributed by atoms with Crippen LogP contribution in [0.3, 0.4) is 0 Å². The zero-order valence-electron chi connectivity index (χ0n) is 10.8. The maximum atomic E-state index is 11.4. The van der Waals surface area contributed by atoms with Crippen molar-refractivity contribution in [3.8, 4) is 0 Å². The van der Waals surface area contributed by atoms with Crippen molar-refractivity contribution in [2.75, 3.05) is 26.8 Å². The van der Waals surface area contributed by atoms with Gasteiger partial charge in [0, 0.05) is 32.1 Å². The van der Waals surface area contributed by atoms with Crippen LogP contribution >= 0.6 is 0 Å². The Hall–Kier alpha value is -1.26. The number of aromatic nitrogens is 1. The van der Waals surface area contributed by atoms with Crippen molar-refractivity contribution >= 4 is 6.29 Å². The number of ether oxygens (including phenoxy) is 1. The molecular weight excluding hydrogens is 228 g/mol. The van der Waals surface area contributed by atoms with Crippen molar-refractivity contribution in [3.63, 3.8) is 0 Å². The van der Waals surface area contributed by atoms with Crippen molar-refractivity contribution < 1.29 is 9.53 Å². The molecule has 1 fully saturated rings. The summed E-state index contributed by atoms with van der Waals surface area (Å²) in [5.74, 6) is 0. The van der Waals surface area contributed by atoms with Gasteiger partial charge in [-0.25, -0.2) is 0 Å². The molecule has 0 N–H and O–H groups in total. The van der Waals surface area contributed by atoms with Gasteiger partial charge in [-0.3, -0.25) is 4.98 Å². The lowest BCUT2D eigenvalue weighted by molar-refractivity contribution is -0.125. The van der Waals surface area contributed by atoms with Gasteiger partial charge in [-0.05, 0) is 37.6 Å². The third kappa shape index (κ3) is 3.37. The van der Waals surface area contributed by atoms with E-state index in [4.69, 9.17) is 4.74 Å². The van der Waals surface area contributed by atoms with Gasteiger partial charge in [0.1, 0.15) is 6.29 Å². The first kappa shape index (κ1) is 13.2. The first-order valence-electron chi connectivity index (χ1n) is 6.36. The predicted octanol–water partition coefficient (Wildman–Crippen LogP) is 1.51. The van der Waals surface area contributed by atoms with Crippen molar-refractivity contribution in [1.82, 2.24) is 9.88 Å². The van der Waals surface area contributed by atoms with Gasteiger partial charge < -0.3 is 14.4 Å². The summed E-state index contributed by atoms with van der Waals surface area (Å²) in [6.45, 7) is 2.91. The van der Waals surface area contributed by atoms with Crippen LogP contribution in [0.4, 0.5) is 0 Å². The monoisotopic (exact) mass is 248 g/mol. The molecule has 4 nitrogen and oxygen atoms in total. The van der Waals surface area contributed by atoms with Gasteiger partial charge in [0.25, 0.3) is 0 Å². The largest absolute Gasteiger partial charge is 0.380 e. The van der Waals surface area contributed by atoms with Crippen LogP contribution in [0.15, 0.2) is 24.5 Å². The zero-order valence-corrected chi connectivity index (χ0v) is 10.8. The molecule has 1 aliphatic rings. The first-order valence-corrected chi connectivity index (χ1v) is 6.36. The van der Waals surface area contributed by atoms with E-state index in [0.717, 1.165) is 38.8 Å². The van der Waals surface area contributed by atoms with E-state index in [1.165, 1.54) is 5.56 Å². The summed E-state index contributed by atoms with van der Waals surface area (Å²) in [5.41, 5.74) is 0.894. The molecule has 4 heteroatoms. The molecule has 1 aromatic heterocycles. The van der Waals surface area contributed by atoms with Crippen LogP contribution < -0.4 is 0 Å². The van der Waals surface area contributed by atoms with Crippen LogP contribution in [0.2, 0.25) is 0 Å². The summed E-state index contributed by atoms with van der Waals surface area (Å²) < 4.78 is 5.46. The van der Waals surface area contributed by atoms with Crippen LogP contribution in [0.5, 0.6) is 0 Å². The van der Waals surface area contributed by atoms with E-state index in [-0.39, 0.29) is 5.41 Å². The quantitative estimate of drug-likeness (QED) is 0.741. The number of pyridine rings is 1. The highest BCUT2D eigenvalue weighted by molar-refractivity contribution is 5.60. The Morgan fingerprint density at radius 1 is 1.50 bits per heavy atom. The molecule has 18 heavy (non-hydrogen) atoms. The van der Waals surface area contributed by atoms with Crippen LogP contribution in [-0.2, 0) is 16.1 Å². The number of carbonyl (C=O) groups excluding carboxylic acids is 1. The molecule has 1 aromatic rings. The standard InChI is InChI=1S/C14H20N2O2/c1-16(9-13-3-6-15-7-4-13)10-14(11-17)5-2-8-18-12-14/h3-4,6-7,11H,2,5,8-10,12H2,1H3. The average molecular weight is 248 g/mol. The average Bonchev–Trinajstić information content (AvgIpc) is 2.41. The third-order valence-electron chi connectivity index (χ3n) is 3.39. The number of rotatable bonds is 5. The lowest BCUT2D eigenvalue weighted by Gasteiger charge is -2.35. The molecule has 1 atom stereocenters. The molecule has 0 saturated carbocycles. The maximum Gasteiger partial charge on any atom is 0.129 e. The lowest BCUT2D eigenvalue weighted by Crippen LogP contribution is -2.42. The molecule has 2 rings (SSSR count). The number of hydrogen-bond donors (Lipinski definition) is 0. The van der Waals surface area contributed by atoms with Crippen molar-refractivity contribution in [3.05, 3.63) is 30.1 Å². The molecule has 0 radical (unpaired) electrons. The topological polar surface area (TPSA) is 42.4 Å². The molecule has 1 saturated heterocycles. The Labute approximate surface area is 108 Å². The Morgan fingerprint density at radius 3 is 2.89 bits per heavy atom. The molecule has 2 heterocycles. The van der Waals surface area contributed by atoms with E-state index >= 15 is 0 Å². The number of nitrogens with zero attached hydrogens (tertiary/aromatic N) is 2. The molecule has 1 unspecified atom stereocenters. The Bertz CT molecular complexity index is 375. The van der Waals surface area contributed by atoms with E-state index < -0.39 is 0 Å². The van der Waals surface area contributed by atoms with Gasteiger partial charge in [-0.1, -0.05) is 0 Å². The Kier molecular flexibility index (Phi) is 4.44. The molecule has 0 bridgehead atoms. The fourth-order valence-electron chi connectivity index (χ4n) is 2.52. The molecule has 0 amide bonds. The number of aldehydes is 1. The lowest BCUT2D eigenvalue weighted by atomic mass is 9.83. The van der Waals surface area contributed by atoms with Crippen molar-refractivity contribution in [2.24, 2.45) is 5.41 Å². The molecule has 0 aromatic carbocycles. The van der Waals surface area contributed by atoms with E-state index in [1.807, 2.05) is 19.2 Å². The minimum Gasteiger partial charge on any atom is -0.380 e. The summed E-state index contributed by atoms with van der Waals surface area (Å²) in [5, 5.41) is 0. The predicted molar refractivity (Wildman–Crippen MR) is 69.1 cm³/mol. The molecule has 0 spiro atoms. The maximum absolute atomic E-state index is 11.4. The van der Waals surface area contributed by atoms with Gasteiger partial charge in [0.05, 0.1) is 12.0 Å². The van der Waals surface area contributed by atoms with Crippen LogP contribution in [0, 0.1) is 5.41 Å². The highest BCUT2D eigenvalue weighted by Gasteiger charge is 2.33. The van der Waals surface area contributed by atoms with Gasteiger partial charge in [-0.2, -0.15) is 0 Å². The minimum absolute atomic E-state index is 0.319. The van der Waals surface area contributed by atoms with E-state index in [0.29, 0.717) is 6.61 Å². The summed E-state index contributed by atoms with van der Waals surface area (Å²) in [7, 11) is 2.04. The van der Waals surface area contributed by atoms with Crippen molar-refractivity contribution in [1.29, 1.82) is 0 Å². The second kappa shape index (κ2) is 6.07. The van der Waals surface area contributed by atoms with Gasteiger partial charge in [-0.15, -0.1) is 0 Å². The Balaban J connectivity index is 1.93. The first-order chi connectivity index (χ1) is 8.74. The summed E-state index contributed by atoms with van der Waals surface area (Å²) in [4.78, 5) is 17.5. The van der Waals surface area contributed by atoms with Crippen LogP contribution in [0.1, 0.15) is 18.4 Å². The van der Waals surface area contributed by atoms with E-state index in [9.17, 15) is 4.79 Å². The molecular formula is C14H20N2O2. The minimum atomic E-state index is -0.319. The summed E-state index contributed by atoms with van der Waals surface area (Å²) >= 11 is 0. The SMILES string of the molecule is CN(Cc1ccncc1)CC1(C=O)CCCOC1. The second-order valence-corrected chi connectivity index (χ2v) is 5.16. The van der Waals surface area contributed by atoms with Crippen molar-refractivity contribution in [2.45, 2.75) is 19.4 Å². The van der Waals surface area contributed by atoms with E-state index in [1.54, 1.807) is 12.4 Å². The second-order valence-electron chi connectivity index (χ2n) is 5.16. The summed E-state index contributed by atoms with van der Waals surface area (Å²) in [6.07, 6.45) is 6.57. The zero-order chi connectivity index (χ0) is 12.8. The van der Waals surface area contributed by atoms with Gasteiger partial charge in [0.2, 0.25) is 0 Å². The highest BCUT2D eigenvalue weighted by Crippen LogP contribution is 2.27. The third-order valence-corrected chi connectivity index (χ3v) is 3.39. The van der Waals surface area contributed by atoms with Crippen LogP contribution in [-0.4, -0.2) is 43.0 Å². The number of hydrogen-bond acceptors (Lipinski definition) is 4. The molecule has 0 aliphatic carbocycles. The highest BCUT2D eigenvalue weighted by atomic mass is 16.5. The fourth-order valence-corrected chi connectivity index (χ4v) is 2.52. The van der Waals surface area contributed by atoms with Gasteiger partial charge >= 0.3 is 0 Å². The summed E-state index contributed by atoms with van der Waals surface area (Å²) in [6, 6.07) is 4.00. The molecule has 98 valence electrons. The Morgan fingerprint density at radius 2 is 2.28 bits per heavy atom. The fraction of sp³-hybridized carbons (Fsp3) is 0.571. The van der Waals surface area contributed by atoms with Gasteiger partial charge in [0.15, 0.2) is 0 Å². The van der Waals surface area contributed by atoms with E-state index in [2.05, 4.69) is 9.88 Å². The number of carbonyl (C=O) groups is 1. The molecule has 1 aliphatic heterocycles.